The lowest BCUT2D eigenvalue weighted by molar-refractivity contribution is 0.226. The van der Waals surface area contributed by atoms with E-state index in [4.69, 9.17) is 0 Å². The standard InChI is InChI=1S/C18H33NSi/c1-7-16(8-2)14-19(9-3)15-17-10-12-18(13-11-17)20(4,5)6/h10-13,16H,7-9,14-15H2,1-6H3. The van der Waals surface area contributed by atoms with Gasteiger partial charge in [0.15, 0.2) is 0 Å². The Labute approximate surface area is 127 Å². The summed E-state index contributed by atoms with van der Waals surface area (Å²) in [4.78, 5) is 2.58. The van der Waals surface area contributed by atoms with Gasteiger partial charge in [-0.25, -0.2) is 0 Å². The topological polar surface area (TPSA) is 3.24 Å². The van der Waals surface area contributed by atoms with Crippen LogP contribution in [0, 0.1) is 5.92 Å². The van der Waals surface area contributed by atoms with Gasteiger partial charge in [0, 0.05) is 13.1 Å². The van der Waals surface area contributed by atoms with Crippen LogP contribution in [0.1, 0.15) is 39.2 Å². The average molecular weight is 292 g/mol. The summed E-state index contributed by atoms with van der Waals surface area (Å²) in [7, 11) is -1.16. The van der Waals surface area contributed by atoms with E-state index < -0.39 is 8.07 Å². The highest BCUT2D eigenvalue weighted by atomic mass is 28.3. The first-order chi connectivity index (χ1) is 9.40. The van der Waals surface area contributed by atoms with Crippen molar-refractivity contribution in [3.05, 3.63) is 29.8 Å². The molecule has 114 valence electrons. The molecule has 0 aliphatic heterocycles. The zero-order chi connectivity index (χ0) is 15.2. The van der Waals surface area contributed by atoms with E-state index in [1.54, 1.807) is 5.19 Å². The summed E-state index contributed by atoms with van der Waals surface area (Å²) in [6.07, 6.45) is 2.59. The van der Waals surface area contributed by atoms with Gasteiger partial charge in [0.1, 0.15) is 0 Å². The van der Waals surface area contributed by atoms with Crippen LogP contribution in [0.4, 0.5) is 0 Å². The van der Waals surface area contributed by atoms with Crippen LogP contribution in [0.2, 0.25) is 19.6 Å². The fourth-order valence-electron chi connectivity index (χ4n) is 2.59. The highest BCUT2D eigenvalue weighted by Crippen LogP contribution is 2.13. The van der Waals surface area contributed by atoms with Crippen LogP contribution in [0.25, 0.3) is 0 Å². The highest BCUT2D eigenvalue weighted by Gasteiger charge is 2.16. The largest absolute Gasteiger partial charge is 0.299 e. The van der Waals surface area contributed by atoms with Crippen molar-refractivity contribution in [3.8, 4) is 0 Å². The molecular formula is C18H33NSi. The molecule has 0 heterocycles. The van der Waals surface area contributed by atoms with Crippen LogP contribution in [0.15, 0.2) is 24.3 Å². The monoisotopic (exact) mass is 291 g/mol. The molecule has 0 aliphatic carbocycles. The summed E-state index contributed by atoms with van der Waals surface area (Å²) in [5.74, 6) is 0.844. The van der Waals surface area contributed by atoms with Crippen molar-refractivity contribution >= 4 is 13.3 Å². The van der Waals surface area contributed by atoms with E-state index in [1.165, 1.54) is 24.9 Å². The van der Waals surface area contributed by atoms with Gasteiger partial charge in [-0.15, -0.1) is 0 Å². The van der Waals surface area contributed by atoms with Crippen LogP contribution in [-0.2, 0) is 6.54 Å². The predicted molar refractivity (Wildman–Crippen MR) is 94.4 cm³/mol. The van der Waals surface area contributed by atoms with Crippen LogP contribution in [0.5, 0.6) is 0 Å². The molecule has 2 heteroatoms. The first-order valence-corrected chi connectivity index (χ1v) is 11.7. The van der Waals surface area contributed by atoms with Crippen LogP contribution >= 0.6 is 0 Å². The minimum Gasteiger partial charge on any atom is -0.299 e. The molecule has 0 radical (unpaired) electrons. The molecule has 0 spiro atoms. The lowest BCUT2D eigenvalue weighted by Gasteiger charge is -2.25. The normalized spacial score (nSPS) is 12.4. The van der Waals surface area contributed by atoms with Gasteiger partial charge in [0.2, 0.25) is 0 Å². The lowest BCUT2D eigenvalue weighted by Crippen LogP contribution is -2.37. The molecule has 0 fully saturated rings. The van der Waals surface area contributed by atoms with Gasteiger partial charge in [-0.1, -0.05) is 82.7 Å². The zero-order valence-corrected chi connectivity index (χ0v) is 15.4. The van der Waals surface area contributed by atoms with Crippen LogP contribution in [-0.4, -0.2) is 26.1 Å². The third-order valence-electron chi connectivity index (χ3n) is 4.34. The number of nitrogens with zero attached hydrogens (tertiary/aromatic N) is 1. The van der Waals surface area contributed by atoms with E-state index in [2.05, 4.69) is 69.6 Å². The Hall–Kier alpha value is -0.603. The minimum atomic E-state index is -1.16. The number of benzene rings is 1. The second-order valence-electron chi connectivity index (χ2n) is 6.96. The van der Waals surface area contributed by atoms with Gasteiger partial charge in [-0.2, -0.15) is 0 Å². The molecule has 0 N–H and O–H groups in total. The Kier molecular flexibility index (Phi) is 6.97. The molecule has 0 atom stereocenters. The lowest BCUT2D eigenvalue weighted by atomic mass is 10.0. The quantitative estimate of drug-likeness (QED) is 0.638. The summed E-state index contributed by atoms with van der Waals surface area (Å²) in [6.45, 7) is 17.6. The van der Waals surface area contributed by atoms with E-state index in [-0.39, 0.29) is 0 Å². The molecule has 0 saturated carbocycles. The maximum atomic E-state index is 2.58. The van der Waals surface area contributed by atoms with Gasteiger partial charge >= 0.3 is 0 Å². The second-order valence-corrected chi connectivity index (χ2v) is 12.0. The van der Waals surface area contributed by atoms with Crippen molar-refractivity contribution in [1.29, 1.82) is 0 Å². The fraction of sp³-hybridized carbons (Fsp3) is 0.667. The van der Waals surface area contributed by atoms with E-state index in [0.29, 0.717) is 0 Å². The van der Waals surface area contributed by atoms with Gasteiger partial charge in [-0.3, -0.25) is 4.90 Å². The molecule has 20 heavy (non-hydrogen) atoms. The maximum Gasteiger partial charge on any atom is 0.0775 e. The Morgan fingerprint density at radius 1 is 0.950 bits per heavy atom. The van der Waals surface area contributed by atoms with E-state index in [0.717, 1.165) is 19.0 Å². The Bertz CT molecular complexity index is 373. The Morgan fingerprint density at radius 2 is 1.50 bits per heavy atom. The molecule has 1 aromatic carbocycles. The van der Waals surface area contributed by atoms with Crippen molar-refractivity contribution in [3.63, 3.8) is 0 Å². The van der Waals surface area contributed by atoms with E-state index >= 15 is 0 Å². The summed E-state index contributed by atoms with van der Waals surface area (Å²) in [5.41, 5.74) is 1.46. The molecule has 0 unspecified atom stereocenters. The highest BCUT2D eigenvalue weighted by molar-refractivity contribution is 6.88. The smallest absolute Gasteiger partial charge is 0.0775 e. The second kappa shape index (κ2) is 7.99. The molecule has 0 aromatic heterocycles. The number of hydrogen-bond donors (Lipinski definition) is 0. The van der Waals surface area contributed by atoms with Crippen LogP contribution in [0.3, 0.4) is 0 Å². The number of hydrogen-bond acceptors (Lipinski definition) is 1. The maximum absolute atomic E-state index is 2.58. The molecule has 0 amide bonds. The summed E-state index contributed by atoms with van der Waals surface area (Å²) < 4.78 is 0. The third kappa shape index (κ3) is 5.41. The zero-order valence-electron chi connectivity index (χ0n) is 14.4. The predicted octanol–water partition coefficient (Wildman–Crippen LogP) is 4.49. The Morgan fingerprint density at radius 3 is 1.90 bits per heavy atom. The van der Waals surface area contributed by atoms with Gasteiger partial charge in [-0.05, 0) is 18.0 Å². The SMILES string of the molecule is CCC(CC)CN(CC)Cc1ccc([Si](C)(C)C)cc1. The molecule has 1 nitrogen and oxygen atoms in total. The van der Waals surface area contributed by atoms with Crippen LogP contribution < -0.4 is 5.19 Å². The molecular weight excluding hydrogens is 258 g/mol. The van der Waals surface area contributed by atoms with E-state index in [1.807, 2.05) is 0 Å². The van der Waals surface area contributed by atoms with E-state index in [9.17, 15) is 0 Å². The summed E-state index contributed by atoms with van der Waals surface area (Å²) in [5, 5.41) is 1.56. The van der Waals surface area contributed by atoms with Crippen molar-refractivity contribution < 1.29 is 0 Å². The van der Waals surface area contributed by atoms with Gasteiger partial charge < -0.3 is 0 Å². The van der Waals surface area contributed by atoms with Crippen molar-refractivity contribution in [2.75, 3.05) is 13.1 Å². The third-order valence-corrected chi connectivity index (χ3v) is 6.41. The van der Waals surface area contributed by atoms with Gasteiger partial charge in [0.25, 0.3) is 0 Å². The van der Waals surface area contributed by atoms with Gasteiger partial charge in [0.05, 0.1) is 8.07 Å². The average Bonchev–Trinajstić information content (AvgIpc) is 2.43. The first kappa shape index (κ1) is 17.4. The Balaban J connectivity index is 2.66. The fourth-order valence-corrected chi connectivity index (χ4v) is 3.75. The molecule has 1 rings (SSSR count). The molecule has 0 aliphatic rings. The molecule has 0 bridgehead atoms. The molecule has 0 saturated heterocycles. The minimum absolute atomic E-state index is 0.844. The molecule has 1 aromatic rings. The van der Waals surface area contributed by atoms with Crippen molar-refractivity contribution in [2.45, 2.75) is 59.8 Å². The summed E-state index contributed by atoms with van der Waals surface area (Å²) >= 11 is 0. The summed E-state index contributed by atoms with van der Waals surface area (Å²) in [6, 6.07) is 9.38. The van der Waals surface area contributed by atoms with Crippen molar-refractivity contribution in [1.82, 2.24) is 4.90 Å². The number of rotatable bonds is 8. The first-order valence-electron chi connectivity index (χ1n) is 8.22. The van der Waals surface area contributed by atoms with Crippen molar-refractivity contribution in [2.24, 2.45) is 5.92 Å².